The zero-order chi connectivity index (χ0) is 24.5. The second kappa shape index (κ2) is 9.64. The minimum atomic E-state index is -0.151. The molecule has 3 aromatic carbocycles. The Hall–Kier alpha value is -3.48. The summed E-state index contributed by atoms with van der Waals surface area (Å²) >= 11 is 5.99. The molecule has 5 rings (SSSR count). The predicted octanol–water partition coefficient (Wildman–Crippen LogP) is 5.68. The van der Waals surface area contributed by atoms with Crippen molar-refractivity contribution in [1.29, 1.82) is 0 Å². The number of halogens is 1. The molecule has 0 spiro atoms. The van der Waals surface area contributed by atoms with Crippen LogP contribution < -0.4 is 18.9 Å². The van der Waals surface area contributed by atoms with Crippen molar-refractivity contribution >= 4 is 23.5 Å². The van der Waals surface area contributed by atoms with E-state index in [0.29, 0.717) is 36.1 Å². The van der Waals surface area contributed by atoms with Crippen molar-refractivity contribution in [2.45, 2.75) is 19.9 Å². The molecule has 2 heterocycles. The summed E-state index contributed by atoms with van der Waals surface area (Å²) in [6.07, 6.45) is 2.59. The molecule has 180 valence electrons. The molecule has 0 bridgehead atoms. The number of methoxy groups -OCH3 is 2. The first-order valence-electron chi connectivity index (χ1n) is 11.4. The van der Waals surface area contributed by atoms with Crippen molar-refractivity contribution in [1.82, 2.24) is 4.90 Å². The van der Waals surface area contributed by atoms with E-state index in [1.165, 1.54) is 5.56 Å². The Kier molecular flexibility index (Phi) is 6.41. The second-order valence-corrected chi connectivity index (χ2v) is 9.05. The van der Waals surface area contributed by atoms with E-state index in [4.69, 9.17) is 30.5 Å². The molecule has 2 aliphatic rings. The smallest absolute Gasteiger partial charge is 0.231 e. The van der Waals surface area contributed by atoms with Crippen molar-refractivity contribution in [3.05, 3.63) is 87.1 Å². The summed E-state index contributed by atoms with van der Waals surface area (Å²) in [5, 5.41) is 0.735. The summed E-state index contributed by atoms with van der Waals surface area (Å²) < 4.78 is 22.9. The van der Waals surface area contributed by atoms with Crippen LogP contribution in [0.1, 0.15) is 32.6 Å². The molecule has 0 fully saturated rings. The summed E-state index contributed by atoms with van der Waals surface area (Å²) in [6.45, 7) is 3.96. The number of ketones is 1. The van der Waals surface area contributed by atoms with E-state index in [2.05, 4.69) is 4.90 Å². The summed E-state index contributed by atoms with van der Waals surface area (Å²) in [7, 11) is 3.18. The van der Waals surface area contributed by atoms with Crippen LogP contribution in [0.5, 0.6) is 23.0 Å². The minimum absolute atomic E-state index is 0.151. The number of hydrogen-bond donors (Lipinski definition) is 0. The first-order chi connectivity index (χ1) is 17.0. The maximum atomic E-state index is 13.3. The highest BCUT2D eigenvalue weighted by molar-refractivity contribution is 6.30. The van der Waals surface area contributed by atoms with Crippen LogP contribution in [0.25, 0.3) is 6.08 Å². The molecule has 0 atom stereocenters. The van der Waals surface area contributed by atoms with Crippen molar-refractivity contribution < 1.29 is 23.7 Å². The Labute approximate surface area is 209 Å². The van der Waals surface area contributed by atoms with Gasteiger partial charge in [-0.15, -0.1) is 0 Å². The van der Waals surface area contributed by atoms with E-state index in [1.54, 1.807) is 26.4 Å². The molecule has 0 aliphatic carbocycles. The van der Waals surface area contributed by atoms with Gasteiger partial charge in [-0.05, 0) is 55.3 Å². The minimum Gasteiger partial charge on any atom is -0.497 e. The van der Waals surface area contributed by atoms with E-state index in [-0.39, 0.29) is 11.5 Å². The Morgan fingerprint density at radius 2 is 1.86 bits per heavy atom. The van der Waals surface area contributed by atoms with Gasteiger partial charge in [0, 0.05) is 40.9 Å². The van der Waals surface area contributed by atoms with Crippen LogP contribution in [-0.4, -0.2) is 38.2 Å². The molecule has 3 aromatic rings. The zero-order valence-corrected chi connectivity index (χ0v) is 20.6. The van der Waals surface area contributed by atoms with Gasteiger partial charge in [-0.3, -0.25) is 9.69 Å². The summed E-state index contributed by atoms with van der Waals surface area (Å²) in [5.74, 6) is 2.73. The van der Waals surface area contributed by atoms with Gasteiger partial charge in [-0.2, -0.15) is 0 Å². The molecule has 0 N–H and O–H groups in total. The molecular formula is C28H26ClNO5. The second-order valence-electron chi connectivity index (χ2n) is 8.62. The number of rotatable bonds is 6. The van der Waals surface area contributed by atoms with E-state index in [1.807, 2.05) is 49.4 Å². The third-order valence-electron chi connectivity index (χ3n) is 6.36. The summed E-state index contributed by atoms with van der Waals surface area (Å²) in [5.41, 5.74) is 4.34. The third kappa shape index (κ3) is 4.59. The lowest BCUT2D eigenvalue weighted by Crippen LogP contribution is -2.34. The zero-order valence-electron chi connectivity index (χ0n) is 19.9. The fourth-order valence-corrected chi connectivity index (χ4v) is 4.58. The summed E-state index contributed by atoms with van der Waals surface area (Å²) in [4.78, 5) is 15.5. The van der Waals surface area contributed by atoms with Gasteiger partial charge >= 0.3 is 0 Å². The monoisotopic (exact) mass is 491 g/mol. The van der Waals surface area contributed by atoms with Gasteiger partial charge in [-0.25, -0.2) is 0 Å². The van der Waals surface area contributed by atoms with E-state index in [0.717, 1.165) is 40.4 Å². The summed E-state index contributed by atoms with van der Waals surface area (Å²) in [6, 6.07) is 15.2. The average Bonchev–Trinajstić information content (AvgIpc) is 3.19. The Balaban J connectivity index is 1.37. The molecule has 0 saturated heterocycles. The molecule has 6 nitrogen and oxygen atoms in total. The van der Waals surface area contributed by atoms with Crippen molar-refractivity contribution in [3.63, 3.8) is 0 Å². The first kappa shape index (κ1) is 23.3. The fraction of sp³-hybridized carbons (Fsp3) is 0.250. The van der Waals surface area contributed by atoms with Crippen LogP contribution in [0, 0.1) is 6.92 Å². The van der Waals surface area contributed by atoms with Crippen LogP contribution >= 0.6 is 11.6 Å². The third-order valence-corrected chi connectivity index (χ3v) is 6.61. The number of carbonyl (C=O) groups excluding carboxylic acids is 1. The number of hydrogen-bond acceptors (Lipinski definition) is 6. The molecule has 7 heteroatoms. The number of carbonyl (C=O) groups is 1. The predicted molar refractivity (Wildman–Crippen MR) is 135 cm³/mol. The van der Waals surface area contributed by atoms with Crippen LogP contribution in [0.15, 0.2) is 54.3 Å². The number of Topliss-reactive ketones (excluding diaryl/α,β-unsaturated/α-hetero) is 1. The lowest BCUT2D eigenvalue weighted by molar-refractivity contribution is 0.0954. The largest absolute Gasteiger partial charge is 0.497 e. The first-order valence-corrected chi connectivity index (χ1v) is 11.8. The van der Waals surface area contributed by atoms with Crippen LogP contribution in [0.4, 0.5) is 0 Å². The average molecular weight is 492 g/mol. The molecule has 35 heavy (non-hydrogen) atoms. The van der Waals surface area contributed by atoms with Gasteiger partial charge < -0.3 is 18.9 Å². The molecule has 0 amide bonds. The van der Waals surface area contributed by atoms with Gasteiger partial charge in [0.1, 0.15) is 29.7 Å². The van der Waals surface area contributed by atoms with Gasteiger partial charge in [0.2, 0.25) is 5.78 Å². The van der Waals surface area contributed by atoms with Gasteiger partial charge in [0.05, 0.1) is 19.8 Å². The van der Waals surface area contributed by atoms with E-state index < -0.39 is 0 Å². The normalized spacial score (nSPS) is 15.9. The Morgan fingerprint density at radius 1 is 1.06 bits per heavy atom. The van der Waals surface area contributed by atoms with Crippen LogP contribution in [0.3, 0.4) is 0 Å². The van der Waals surface area contributed by atoms with Crippen molar-refractivity contribution in [3.8, 4) is 23.0 Å². The highest BCUT2D eigenvalue weighted by Crippen LogP contribution is 2.43. The highest BCUT2D eigenvalue weighted by atomic mass is 35.5. The highest BCUT2D eigenvalue weighted by Gasteiger charge is 2.33. The molecule has 0 aromatic heterocycles. The van der Waals surface area contributed by atoms with E-state index in [9.17, 15) is 4.79 Å². The van der Waals surface area contributed by atoms with E-state index >= 15 is 0 Å². The van der Waals surface area contributed by atoms with Gasteiger partial charge in [0.15, 0.2) is 5.76 Å². The molecule has 0 radical (unpaired) electrons. The van der Waals surface area contributed by atoms with Crippen LogP contribution in [-0.2, 0) is 13.0 Å². The maximum absolute atomic E-state index is 13.3. The Bertz CT molecular complexity index is 1320. The molecule has 2 aliphatic heterocycles. The molecule has 0 unspecified atom stereocenters. The number of fused-ring (bicyclic) bond motifs is 2. The fourth-order valence-electron chi connectivity index (χ4n) is 4.46. The standard InChI is InChI=1S/C28H26ClNO5/c1-17-27-20(15-30(16-34-27)11-10-18-4-7-21(29)8-5-18)12-23-26(31)25(35-28(17)23)13-19-6-9-22(32-2)14-24(19)33-3/h4-9,12-14H,10-11,15-16H2,1-3H3/b25-13-. The molecule has 0 saturated carbocycles. The van der Waals surface area contributed by atoms with Crippen molar-refractivity contribution in [2.75, 3.05) is 27.5 Å². The van der Waals surface area contributed by atoms with Gasteiger partial charge in [0.25, 0.3) is 0 Å². The maximum Gasteiger partial charge on any atom is 0.231 e. The van der Waals surface area contributed by atoms with Crippen molar-refractivity contribution in [2.24, 2.45) is 0 Å². The molecular weight excluding hydrogens is 466 g/mol. The Morgan fingerprint density at radius 3 is 2.60 bits per heavy atom. The number of nitrogens with zero attached hydrogens (tertiary/aromatic N) is 1. The number of benzene rings is 3. The number of allylic oxidation sites excluding steroid dienone is 1. The number of ether oxygens (including phenoxy) is 4. The topological polar surface area (TPSA) is 57.2 Å². The lowest BCUT2D eigenvalue weighted by Gasteiger charge is -2.30. The van der Waals surface area contributed by atoms with Gasteiger partial charge in [-0.1, -0.05) is 23.7 Å². The van der Waals surface area contributed by atoms with Crippen LogP contribution in [0.2, 0.25) is 5.02 Å². The SMILES string of the molecule is COc1ccc(/C=C2\Oc3c(cc4c(c3C)OCN(CCc3ccc(Cl)cc3)C4)C2=O)c(OC)c1. The quantitative estimate of drug-likeness (QED) is 0.414. The lowest BCUT2D eigenvalue weighted by atomic mass is 9.99.